The zero-order valence-electron chi connectivity index (χ0n) is 12.2. The van der Waals surface area contributed by atoms with Gasteiger partial charge in [-0.2, -0.15) is 0 Å². The molecule has 0 atom stereocenters. The van der Waals surface area contributed by atoms with E-state index in [1.54, 1.807) is 14.2 Å². The summed E-state index contributed by atoms with van der Waals surface area (Å²) in [6, 6.07) is 7.99. The van der Waals surface area contributed by atoms with Crippen molar-refractivity contribution in [3.63, 3.8) is 0 Å². The lowest BCUT2D eigenvalue weighted by Crippen LogP contribution is -2.30. The fourth-order valence-electron chi connectivity index (χ4n) is 1.90. The third-order valence-electron chi connectivity index (χ3n) is 3.06. The first-order valence-corrected chi connectivity index (χ1v) is 6.71. The monoisotopic (exact) mass is 281 g/mol. The summed E-state index contributed by atoms with van der Waals surface area (Å²) in [5.41, 5.74) is 2.13. The number of aryl methyl sites for hydroxylation is 1. The maximum absolute atomic E-state index is 10.5. The minimum Gasteiger partial charge on any atom is -0.481 e. The zero-order chi connectivity index (χ0) is 14.8. The van der Waals surface area contributed by atoms with Gasteiger partial charge in [-0.15, -0.1) is 0 Å². The molecule has 0 heterocycles. The Morgan fingerprint density at radius 2 is 1.65 bits per heavy atom. The number of aliphatic carboxylic acids is 1. The minimum atomic E-state index is -0.768. The Hall–Kier alpha value is -1.59. The smallest absolute Gasteiger partial charge is 0.303 e. The van der Waals surface area contributed by atoms with E-state index in [9.17, 15) is 4.79 Å². The molecule has 0 saturated carbocycles. The molecule has 0 radical (unpaired) electrons. The van der Waals surface area contributed by atoms with E-state index in [4.69, 9.17) is 14.6 Å². The Bertz CT molecular complexity index is 383. The van der Waals surface area contributed by atoms with Gasteiger partial charge in [0, 0.05) is 39.4 Å². The van der Waals surface area contributed by atoms with Gasteiger partial charge in [0.15, 0.2) is 0 Å². The van der Waals surface area contributed by atoms with Crippen molar-refractivity contribution in [1.82, 2.24) is 0 Å². The maximum Gasteiger partial charge on any atom is 0.303 e. The van der Waals surface area contributed by atoms with Crippen LogP contribution in [0.5, 0.6) is 0 Å². The highest BCUT2D eigenvalue weighted by Gasteiger charge is 2.06. The molecule has 0 amide bonds. The van der Waals surface area contributed by atoms with E-state index < -0.39 is 5.97 Å². The molecule has 1 aromatic carbocycles. The van der Waals surface area contributed by atoms with Crippen molar-refractivity contribution in [3.05, 3.63) is 29.8 Å². The summed E-state index contributed by atoms with van der Waals surface area (Å²) in [4.78, 5) is 12.7. The summed E-state index contributed by atoms with van der Waals surface area (Å²) in [5, 5.41) is 8.68. The van der Waals surface area contributed by atoms with Crippen LogP contribution in [0.15, 0.2) is 24.3 Å². The van der Waals surface area contributed by atoms with Crippen molar-refractivity contribution in [2.24, 2.45) is 0 Å². The Kier molecular flexibility index (Phi) is 7.69. The molecule has 1 aromatic rings. The number of carbonyl (C=O) groups is 1. The van der Waals surface area contributed by atoms with Crippen LogP contribution in [0.25, 0.3) is 0 Å². The van der Waals surface area contributed by atoms with Crippen molar-refractivity contribution >= 4 is 11.7 Å². The third kappa shape index (κ3) is 6.04. The molecule has 0 aliphatic carbocycles. The van der Waals surface area contributed by atoms with Crippen LogP contribution in [0, 0.1) is 0 Å². The van der Waals surface area contributed by atoms with Crippen molar-refractivity contribution in [1.29, 1.82) is 0 Å². The number of nitrogens with zero attached hydrogens (tertiary/aromatic N) is 1. The van der Waals surface area contributed by atoms with Gasteiger partial charge in [0.25, 0.3) is 0 Å². The second kappa shape index (κ2) is 9.34. The van der Waals surface area contributed by atoms with Crippen LogP contribution >= 0.6 is 0 Å². The van der Waals surface area contributed by atoms with Gasteiger partial charge in [0.2, 0.25) is 0 Å². The van der Waals surface area contributed by atoms with E-state index in [-0.39, 0.29) is 6.42 Å². The summed E-state index contributed by atoms with van der Waals surface area (Å²) in [7, 11) is 3.37. The molecule has 0 unspecified atom stereocenters. The second-order valence-corrected chi connectivity index (χ2v) is 4.53. The minimum absolute atomic E-state index is 0.163. The van der Waals surface area contributed by atoms with Gasteiger partial charge in [-0.25, -0.2) is 0 Å². The molecule has 20 heavy (non-hydrogen) atoms. The third-order valence-corrected chi connectivity index (χ3v) is 3.06. The van der Waals surface area contributed by atoms with E-state index >= 15 is 0 Å². The summed E-state index contributed by atoms with van der Waals surface area (Å²) >= 11 is 0. The lowest BCUT2D eigenvalue weighted by atomic mass is 10.1. The summed E-state index contributed by atoms with van der Waals surface area (Å²) in [6.45, 7) is 2.91. The number of methoxy groups -OCH3 is 2. The standard InChI is InChI=1S/C15H23NO4/c1-19-11-9-16(10-12-20-2)14-6-3-13(4-7-14)5-8-15(17)18/h3-4,6-7H,5,8-12H2,1-2H3,(H,17,18). The summed E-state index contributed by atoms with van der Waals surface area (Å²) in [5.74, 6) is -0.768. The molecule has 0 bridgehead atoms. The predicted octanol–water partition coefficient (Wildman–Crippen LogP) is 1.80. The molecule has 1 N–H and O–H groups in total. The van der Waals surface area contributed by atoms with Crippen LogP contribution in [0.4, 0.5) is 5.69 Å². The Balaban J connectivity index is 2.63. The molecule has 0 fully saturated rings. The molecule has 0 aliphatic heterocycles. The van der Waals surface area contributed by atoms with E-state index in [2.05, 4.69) is 4.90 Å². The highest BCUT2D eigenvalue weighted by atomic mass is 16.5. The number of carboxylic acids is 1. The average Bonchev–Trinajstić information content (AvgIpc) is 2.46. The first-order valence-electron chi connectivity index (χ1n) is 6.71. The van der Waals surface area contributed by atoms with Crippen molar-refractivity contribution in [2.45, 2.75) is 12.8 Å². The van der Waals surface area contributed by atoms with Crippen LogP contribution < -0.4 is 4.90 Å². The fraction of sp³-hybridized carbons (Fsp3) is 0.533. The highest BCUT2D eigenvalue weighted by molar-refractivity contribution is 5.67. The Labute approximate surface area is 120 Å². The molecule has 5 heteroatoms. The van der Waals surface area contributed by atoms with Gasteiger partial charge in [-0.05, 0) is 24.1 Å². The molecule has 1 rings (SSSR count). The average molecular weight is 281 g/mol. The summed E-state index contributed by atoms with van der Waals surface area (Å²) in [6.07, 6.45) is 0.724. The van der Waals surface area contributed by atoms with Crippen molar-refractivity contribution < 1.29 is 19.4 Å². The molecular formula is C15H23NO4. The van der Waals surface area contributed by atoms with Crippen LogP contribution in [-0.2, 0) is 20.7 Å². The van der Waals surface area contributed by atoms with Gasteiger partial charge in [-0.1, -0.05) is 12.1 Å². The SMILES string of the molecule is COCCN(CCOC)c1ccc(CCC(=O)O)cc1. The van der Waals surface area contributed by atoms with E-state index in [1.165, 1.54) is 0 Å². The molecule has 112 valence electrons. The van der Waals surface area contributed by atoms with E-state index in [1.807, 2.05) is 24.3 Å². The number of hydrogen-bond donors (Lipinski definition) is 1. The van der Waals surface area contributed by atoms with Crippen LogP contribution in [0.2, 0.25) is 0 Å². The van der Waals surface area contributed by atoms with Gasteiger partial charge >= 0.3 is 5.97 Å². The first kappa shape index (κ1) is 16.5. The summed E-state index contributed by atoms with van der Waals surface area (Å²) < 4.78 is 10.2. The second-order valence-electron chi connectivity index (χ2n) is 4.53. The molecule has 0 aromatic heterocycles. The molecule has 0 aliphatic rings. The van der Waals surface area contributed by atoms with E-state index in [0.29, 0.717) is 19.6 Å². The number of rotatable bonds is 10. The van der Waals surface area contributed by atoms with Gasteiger partial charge in [-0.3, -0.25) is 4.79 Å². The Morgan fingerprint density at radius 3 is 2.10 bits per heavy atom. The Morgan fingerprint density at radius 1 is 1.10 bits per heavy atom. The largest absolute Gasteiger partial charge is 0.481 e. The molecular weight excluding hydrogens is 258 g/mol. The maximum atomic E-state index is 10.5. The molecule has 0 saturated heterocycles. The molecule has 0 spiro atoms. The lowest BCUT2D eigenvalue weighted by Gasteiger charge is -2.24. The topological polar surface area (TPSA) is 59.0 Å². The number of anilines is 1. The number of benzene rings is 1. The molecule has 5 nitrogen and oxygen atoms in total. The van der Waals surface area contributed by atoms with E-state index in [0.717, 1.165) is 24.3 Å². The van der Waals surface area contributed by atoms with Gasteiger partial charge in [0.05, 0.1) is 13.2 Å². The number of carboxylic acid groups (broad SMARTS) is 1. The van der Waals surface area contributed by atoms with Crippen LogP contribution in [0.3, 0.4) is 0 Å². The normalized spacial score (nSPS) is 10.5. The van der Waals surface area contributed by atoms with Gasteiger partial charge in [0.1, 0.15) is 0 Å². The predicted molar refractivity (Wildman–Crippen MR) is 78.4 cm³/mol. The number of hydrogen-bond acceptors (Lipinski definition) is 4. The number of ether oxygens (including phenoxy) is 2. The fourth-order valence-corrected chi connectivity index (χ4v) is 1.90. The highest BCUT2D eigenvalue weighted by Crippen LogP contribution is 2.16. The zero-order valence-corrected chi connectivity index (χ0v) is 12.2. The first-order chi connectivity index (χ1) is 9.67. The van der Waals surface area contributed by atoms with Crippen molar-refractivity contribution in [2.75, 3.05) is 45.4 Å². The van der Waals surface area contributed by atoms with Crippen LogP contribution in [-0.4, -0.2) is 51.6 Å². The lowest BCUT2D eigenvalue weighted by molar-refractivity contribution is -0.136. The van der Waals surface area contributed by atoms with Crippen LogP contribution in [0.1, 0.15) is 12.0 Å². The quantitative estimate of drug-likeness (QED) is 0.708. The van der Waals surface area contributed by atoms with Gasteiger partial charge < -0.3 is 19.5 Å². The van der Waals surface area contributed by atoms with Crippen molar-refractivity contribution in [3.8, 4) is 0 Å².